The molecule has 0 unspecified atom stereocenters. The second-order valence-electron chi connectivity index (χ2n) is 11.7. The van der Waals surface area contributed by atoms with Crippen LogP contribution in [0.1, 0.15) is 70.7 Å². The third-order valence-corrected chi connectivity index (χ3v) is 8.08. The van der Waals surface area contributed by atoms with Crippen molar-refractivity contribution in [3.8, 4) is 0 Å². The molecule has 0 saturated heterocycles. The summed E-state index contributed by atoms with van der Waals surface area (Å²) in [5, 5.41) is 56.5. The maximum atomic E-state index is 13.7. The maximum Gasteiger partial charge on any atom is 0.255 e. The molecule has 0 aliphatic carbocycles. The zero-order chi connectivity index (χ0) is 41.9. The van der Waals surface area contributed by atoms with Gasteiger partial charge in [-0.2, -0.15) is 20.4 Å². The SMILES string of the molecule is C/C(=N/NC(=N)N)c1cc(NC(=O)c2cc(C(=O)Nc3cc(/C(C)=N\NC(=N)N)cc(/C(C)=N/NC(=N)N)c3)cc(S(N)(=O)=O)c2)cc(/C(C)=N\NC(=N)N)c1. The molecule has 0 spiro atoms. The van der Waals surface area contributed by atoms with Crippen molar-refractivity contribution >= 4 is 79.9 Å². The van der Waals surface area contributed by atoms with Gasteiger partial charge in [0.15, 0.2) is 0 Å². The monoisotopic (exact) mass is 787 g/mol. The Labute approximate surface area is 320 Å². The summed E-state index contributed by atoms with van der Waals surface area (Å²) in [6.45, 7) is 6.42. The van der Waals surface area contributed by atoms with Crippen LogP contribution < -0.4 is 60.4 Å². The largest absolute Gasteiger partial charge is 0.369 e. The van der Waals surface area contributed by atoms with Gasteiger partial charge in [0.25, 0.3) is 11.8 Å². The summed E-state index contributed by atoms with van der Waals surface area (Å²) in [5.41, 5.74) is 33.8. The van der Waals surface area contributed by atoms with Crippen LogP contribution in [-0.2, 0) is 10.0 Å². The Hall–Kier alpha value is -7.73. The number of amides is 2. The van der Waals surface area contributed by atoms with Crippen molar-refractivity contribution in [3.63, 3.8) is 0 Å². The minimum atomic E-state index is -4.45. The molecule has 0 heterocycles. The molecular weight excluding hydrogens is 747 g/mol. The standard InChI is InChI=1S/C32H41N19O4S/c1-14(44-48-29(33)34)18-5-19(15(2)45-49-30(35)36)9-24(8-18)42-27(52)22-7-23(13-26(12-22)56(41,54)55)28(53)43-25-10-20(16(3)46-50-31(37)38)6-21(11-25)17(4)47-51-32(39)40/h5-13H,1-4H3,(H,42,52)(H,43,53)(H4,33,34,48)(H4,35,36,49)(H4,37,38,50)(H4,39,40,51)(H2,41,54,55)/b44-14-,45-15-,46-16-,47-17+. The van der Waals surface area contributed by atoms with E-state index in [1.165, 1.54) is 24.3 Å². The lowest BCUT2D eigenvalue weighted by Crippen LogP contribution is -2.27. The Balaban J connectivity index is 2.10. The van der Waals surface area contributed by atoms with E-state index in [0.717, 1.165) is 18.2 Å². The highest BCUT2D eigenvalue weighted by atomic mass is 32.2. The van der Waals surface area contributed by atoms with Gasteiger partial charge in [-0.1, -0.05) is 0 Å². The number of hydrogen-bond donors (Lipinski definition) is 15. The van der Waals surface area contributed by atoms with Crippen molar-refractivity contribution in [3.05, 3.63) is 88.0 Å². The van der Waals surface area contributed by atoms with Crippen LogP contribution >= 0.6 is 0 Å². The fraction of sp³-hybridized carbons (Fsp3) is 0.125. The summed E-state index contributed by atoms with van der Waals surface area (Å²) < 4.78 is 25.1. The van der Waals surface area contributed by atoms with Gasteiger partial charge in [0.2, 0.25) is 33.9 Å². The molecule has 0 radical (unpaired) electrons. The number of anilines is 2. The van der Waals surface area contributed by atoms with E-state index in [1.807, 2.05) is 0 Å². The topological polar surface area (TPSA) is 415 Å². The van der Waals surface area contributed by atoms with Crippen LogP contribution in [0.2, 0.25) is 0 Å². The van der Waals surface area contributed by atoms with Crippen molar-refractivity contribution in [1.29, 1.82) is 21.6 Å². The molecule has 0 aliphatic rings. The predicted octanol–water partition coefficient (Wildman–Crippen LogP) is -0.333. The summed E-state index contributed by atoms with van der Waals surface area (Å²) in [6.07, 6.45) is 0. The summed E-state index contributed by atoms with van der Waals surface area (Å²) >= 11 is 0. The van der Waals surface area contributed by atoms with E-state index >= 15 is 0 Å². The van der Waals surface area contributed by atoms with Gasteiger partial charge in [-0.25, -0.2) is 35.3 Å². The first-order valence-corrected chi connectivity index (χ1v) is 17.4. The van der Waals surface area contributed by atoms with E-state index in [-0.39, 0.29) is 22.5 Å². The molecule has 0 atom stereocenters. The number of hydrogen-bond acceptors (Lipinski definition) is 12. The first-order chi connectivity index (χ1) is 26.1. The van der Waals surface area contributed by atoms with E-state index in [1.54, 1.807) is 39.8 Å². The Morgan fingerprint density at radius 2 is 0.732 bits per heavy atom. The third kappa shape index (κ3) is 12.7. The van der Waals surface area contributed by atoms with Crippen LogP contribution in [0.25, 0.3) is 0 Å². The van der Waals surface area contributed by atoms with Gasteiger partial charge in [0, 0.05) is 44.8 Å². The smallest absolute Gasteiger partial charge is 0.255 e. The molecule has 0 saturated carbocycles. The number of rotatable bonds is 13. The van der Waals surface area contributed by atoms with Gasteiger partial charge in [0.05, 0.1) is 27.7 Å². The molecule has 294 valence electrons. The number of hydrazone groups is 4. The number of primary sulfonamides is 1. The van der Waals surface area contributed by atoms with E-state index in [4.69, 9.17) is 49.7 Å². The molecule has 3 aromatic carbocycles. The van der Waals surface area contributed by atoms with Crippen molar-refractivity contribution in [2.45, 2.75) is 32.6 Å². The van der Waals surface area contributed by atoms with Gasteiger partial charge < -0.3 is 33.6 Å². The molecule has 56 heavy (non-hydrogen) atoms. The van der Waals surface area contributed by atoms with E-state index in [9.17, 15) is 18.0 Å². The van der Waals surface area contributed by atoms with Crippen LogP contribution in [0.3, 0.4) is 0 Å². The van der Waals surface area contributed by atoms with Crippen molar-refractivity contribution in [2.75, 3.05) is 10.6 Å². The molecule has 23 nitrogen and oxygen atoms in total. The van der Waals surface area contributed by atoms with Crippen molar-refractivity contribution < 1.29 is 18.0 Å². The Bertz CT molecular complexity index is 2100. The predicted molar refractivity (Wildman–Crippen MR) is 216 cm³/mol. The number of benzene rings is 3. The Morgan fingerprint density at radius 3 is 0.964 bits per heavy atom. The first kappa shape index (κ1) is 42.7. The molecule has 3 rings (SSSR count). The Kier molecular flexibility index (Phi) is 14.0. The number of nitrogens with two attached hydrogens (primary N) is 5. The second kappa shape index (κ2) is 18.3. The van der Waals surface area contributed by atoms with Gasteiger partial charge in [0.1, 0.15) is 0 Å². The van der Waals surface area contributed by atoms with Crippen LogP contribution in [0.15, 0.2) is 79.9 Å². The second-order valence-corrected chi connectivity index (χ2v) is 13.2. The highest BCUT2D eigenvalue weighted by Gasteiger charge is 2.20. The lowest BCUT2D eigenvalue weighted by Gasteiger charge is -2.14. The first-order valence-electron chi connectivity index (χ1n) is 15.8. The quantitative estimate of drug-likeness (QED) is 0.0601. The lowest BCUT2D eigenvalue weighted by atomic mass is 10.0. The highest BCUT2D eigenvalue weighted by molar-refractivity contribution is 7.89. The summed E-state index contributed by atoms with van der Waals surface area (Å²) in [4.78, 5) is 26.9. The molecule has 0 aliphatic heterocycles. The molecule has 0 aromatic heterocycles. The van der Waals surface area contributed by atoms with Crippen LogP contribution in [0.4, 0.5) is 11.4 Å². The van der Waals surface area contributed by atoms with E-state index in [0.29, 0.717) is 45.1 Å². The molecule has 20 N–H and O–H groups in total. The van der Waals surface area contributed by atoms with Crippen molar-refractivity contribution in [1.82, 2.24) is 21.7 Å². The fourth-order valence-corrected chi connectivity index (χ4v) is 5.08. The zero-order valence-corrected chi connectivity index (χ0v) is 31.2. The van der Waals surface area contributed by atoms with Crippen molar-refractivity contribution in [2.24, 2.45) is 48.5 Å². The Morgan fingerprint density at radius 1 is 0.482 bits per heavy atom. The molecule has 24 heteroatoms. The maximum absolute atomic E-state index is 13.7. The van der Waals surface area contributed by atoms with Gasteiger partial charge in [-0.3, -0.25) is 31.2 Å². The number of carbonyl (C=O) groups is 2. The summed E-state index contributed by atoms with van der Waals surface area (Å²) in [6, 6.07) is 12.6. The number of sulfonamides is 1. The van der Waals surface area contributed by atoms with E-state index in [2.05, 4.69) is 52.7 Å². The highest BCUT2D eigenvalue weighted by Crippen LogP contribution is 2.22. The molecule has 2 amide bonds. The lowest BCUT2D eigenvalue weighted by molar-refractivity contribution is 0.102. The number of guanidine groups is 4. The van der Waals surface area contributed by atoms with Gasteiger partial charge in [-0.15, -0.1) is 0 Å². The number of nitrogens with one attached hydrogen (secondary N) is 10. The minimum absolute atomic E-state index is 0.182. The molecule has 0 bridgehead atoms. The number of nitrogens with zero attached hydrogens (tertiary/aromatic N) is 4. The fourth-order valence-electron chi connectivity index (χ4n) is 4.50. The van der Waals surface area contributed by atoms with Crippen LogP contribution in [-0.4, -0.2) is 66.9 Å². The average Bonchev–Trinajstić information content (AvgIpc) is 3.12. The number of carbonyl (C=O) groups excluding carboxylic acids is 2. The molecule has 3 aromatic rings. The third-order valence-electron chi connectivity index (χ3n) is 7.19. The minimum Gasteiger partial charge on any atom is -0.369 e. The molecular formula is C32H41N19O4S. The van der Waals surface area contributed by atoms with Crippen LogP contribution in [0.5, 0.6) is 0 Å². The van der Waals surface area contributed by atoms with E-state index < -0.39 is 50.6 Å². The van der Waals surface area contributed by atoms with Gasteiger partial charge >= 0.3 is 0 Å². The average molecular weight is 788 g/mol. The normalized spacial score (nSPS) is 12.2. The molecule has 0 fully saturated rings. The summed E-state index contributed by atoms with van der Waals surface area (Å²) in [7, 11) is -4.45. The zero-order valence-electron chi connectivity index (χ0n) is 30.4. The summed E-state index contributed by atoms with van der Waals surface area (Å²) in [5.74, 6) is -3.35. The van der Waals surface area contributed by atoms with Gasteiger partial charge in [-0.05, 0) is 82.3 Å². The van der Waals surface area contributed by atoms with Crippen LogP contribution in [0, 0.1) is 21.6 Å².